The van der Waals surface area contributed by atoms with Gasteiger partial charge in [0.2, 0.25) is 5.91 Å². The lowest BCUT2D eigenvalue weighted by molar-refractivity contribution is -0.156. The van der Waals surface area contributed by atoms with Crippen LogP contribution in [0.25, 0.3) is 0 Å². The molecule has 8 atom stereocenters. The molecule has 0 aliphatic heterocycles. The van der Waals surface area contributed by atoms with E-state index in [1.165, 1.54) is 51.4 Å². The summed E-state index contributed by atoms with van der Waals surface area (Å²) < 4.78 is 0. The van der Waals surface area contributed by atoms with Gasteiger partial charge in [-0.1, -0.05) is 46.0 Å². The molecule has 0 radical (unpaired) electrons. The summed E-state index contributed by atoms with van der Waals surface area (Å²) in [5.74, 6) is 4.21. The number of nitrogens with zero attached hydrogens (tertiary/aromatic N) is 1. The van der Waals surface area contributed by atoms with E-state index in [1.54, 1.807) is 4.90 Å². The quantitative estimate of drug-likeness (QED) is 0.453. The molecule has 1 N–H and O–H groups in total. The number of amides is 1. The van der Waals surface area contributed by atoms with Gasteiger partial charge in [-0.3, -0.25) is 9.59 Å². The number of unbranched alkanes of at least 4 members (excludes halogenated alkanes) is 4. The molecule has 33 heavy (non-hydrogen) atoms. The Morgan fingerprint density at radius 2 is 1.67 bits per heavy atom. The SMILES string of the molecule is CN(C)C(=O)CCCCCCC[C@@H]1C[C@H]2CC(=O)CC[C@]2(C)[C@H]2CC[C@]3(C)[C@@H](O)CC[C@H]3[C@H]12. The normalized spacial score (nSPS) is 42.4. The highest BCUT2D eigenvalue weighted by molar-refractivity contribution is 5.79. The van der Waals surface area contributed by atoms with Gasteiger partial charge in [0.05, 0.1) is 6.10 Å². The van der Waals surface area contributed by atoms with E-state index in [-0.39, 0.29) is 17.4 Å². The maximum absolute atomic E-state index is 12.4. The van der Waals surface area contributed by atoms with Gasteiger partial charge in [-0.05, 0) is 85.4 Å². The van der Waals surface area contributed by atoms with Crippen molar-refractivity contribution in [3.63, 3.8) is 0 Å². The molecule has 0 aromatic carbocycles. The van der Waals surface area contributed by atoms with Crippen molar-refractivity contribution < 1.29 is 14.7 Å². The summed E-state index contributed by atoms with van der Waals surface area (Å²) in [6, 6.07) is 0. The number of Topliss-reactive ketones (excluding diaryl/α,β-unsaturated/α-hetero) is 1. The third kappa shape index (κ3) is 4.80. The van der Waals surface area contributed by atoms with Gasteiger partial charge in [-0.2, -0.15) is 0 Å². The van der Waals surface area contributed by atoms with Crippen molar-refractivity contribution in [1.29, 1.82) is 0 Å². The number of aliphatic hydroxyl groups excluding tert-OH is 1. The van der Waals surface area contributed by atoms with Crippen LogP contribution in [0.3, 0.4) is 0 Å². The van der Waals surface area contributed by atoms with E-state index >= 15 is 0 Å². The molecule has 4 heteroatoms. The largest absolute Gasteiger partial charge is 0.393 e. The molecule has 0 heterocycles. The van der Waals surface area contributed by atoms with Crippen molar-refractivity contribution >= 4 is 11.7 Å². The number of rotatable bonds is 8. The van der Waals surface area contributed by atoms with E-state index in [9.17, 15) is 14.7 Å². The second kappa shape index (κ2) is 9.99. The van der Waals surface area contributed by atoms with Gasteiger partial charge in [0, 0.05) is 33.4 Å². The Labute approximate surface area is 202 Å². The fraction of sp³-hybridized carbons (Fsp3) is 0.931. The molecule has 0 aromatic rings. The minimum Gasteiger partial charge on any atom is -0.393 e. The van der Waals surface area contributed by atoms with E-state index in [2.05, 4.69) is 13.8 Å². The van der Waals surface area contributed by atoms with Gasteiger partial charge in [-0.25, -0.2) is 0 Å². The Bertz CT molecular complexity index is 720. The summed E-state index contributed by atoms with van der Waals surface area (Å²) >= 11 is 0. The molecule has 4 fully saturated rings. The van der Waals surface area contributed by atoms with Crippen LogP contribution in [-0.4, -0.2) is 41.9 Å². The van der Waals surface area contributed by atoms with Crippen molar-refractivity contribution in [1.82, 2.24) is 4.90 Å². The second-order valence-electron chi connectivity index (χ2n) is 13.0. The highest BCUT2D eigenvalue weighted by atomic mass is 16.3. The molecular formula is C29H49NO3. The Kier molecular flexibility index (Phi) is 7.63. The zero-order valence-corrected chi connectivity index (χ0v) is 21.8. The summed E-state index contributed by atoms with van der Waals surface area (Å²) in [5, 5.41) is 10.9. The summed E-state index contributed by atoms with van der Waals surface area (Å²) in [6.07, 6.45) is 16.3. The molecule has 0 unspecified atom stereocenters. The Morgan fingerprint density at radius 1 is 0.970 bits per heavy atom. The molecule has 1 amide bonds. The molecule has 4 aliphatic carbocycles. The summed E-state index contributed by atoms with van der Waals surface area (Å²) in [7, 11) is 3.68. The Morgan fingerprint density at radius 3 is 2.42 bits per heavy atom. The second-order valence-corrected chi connectivity index (χ2v) is 13.0. The molecule has 0 aromatic heterocycles. The van der Waals surface area contributed by atoms with Gasteiger partial charge in [0.25, 0.3) is 0 Å². The fourth-order valence-corrected chi connectivity index (χ4v) is 8.93. The third-order valence-electron chi connectivity index (χ3n) is 11.1. The van der Waals surface area contributed by atoms with Crippen LogP contribution < -0.4 is 0 Å². The number of fused-ring (bicyclic) bond motifs is 5. The Hall–Kier alpha value is -0.900. The van der Waals surface area contributed by atoms with Gasteiger partial charge >= 0.3 is 0 Å². The molecule has 188 valence electrons. The molecule has 4 saturated carbocycles. The van der Waals surface area contributed by atoms with E-state index in [0.29, 0.717) is 29.5 Å². The van der Waals surface area contributed by atoms with Crippen LogP contribution in [0.15, 0.2) is 0 Å². The van der Waals surface area contributed by atoms with Crippen molar-refractivity contribution in [3.05, 3.63) is 0 Å². The molecule has 0 spiro atoms. The highest BCUT2D eigenvalue weighted by Crippen LogP contribution is 2.67. The van der Waals surface area contributed by atoms with Gasteiger partial charge < -0.3 is 10.0 Å². The van der Waals surface area contributed by atoms with Crippen LogP contribution in [0.1, 0.15) is 110 Å². The van der Waals surface area contributed by atoms with Crippen LogP contribution in [0, 0.1) is 40.4 Å². The van der Waals surface area contributed by atoms with Crippen LogP contribution in [-0.2, 0) is 9.59 Å². The smallest absolute Gasteiger partial charge is 0.222 e. The highest BCUT2D eigenvalue weighted by Gasteiger charge is 2.62. The van der Waals surface area contributed by atoms with Crippen molar-refractivity contribution in [2.75, 3.05) is 14.1 Å². The van der Waals surface area contributed by atoms with E-state index in [0.717, 1.165) is 56.3 Å². The average Bonchev–Trinajstić information content (AvgIpc) is 3.08. The van der Waals surface area contributed by atoms with Crippen LogP contribution in [0.2, 0.25) is 0 Å². The lowest BCUT2D eigenvalue weighted by Crippen LogP contribution is -2.57. The average molecular weight is 460 g/mol. The van der Waals surface area contributed by atoms with Crippen molar-refractivity contribution in [3.8, 4) is 0 Å². The lowest BCUT2D eigenvalue weighted by Gasteiger charge is -2.62. The standard InChI is InChI=1S/C29H49NO3/c1-28-16-14-22(31)19-21(28)18-20(10-8-6-5-7-9-11-26(33)30(3)4)27-23-12-13-25(32)29(23,2)17-15-24(27)28/h20-21,23-25,27,32H,5-19H2,1-4H3/t20-,21+,23+,24+,25+,27+,28+,29+/m1/s1. The van der Waals surface area contributed by atoms with Crippen LogP contribution in [0.5, 0.6) is 0 Å². The van der Waals surface area contributed by atoms with E-state index in [1.807, 2.05) is 14.1 Å². The lowest BCUT2D eigenvalue weighted by atomic mass is 9.42. The molecule has 4 nitrogen and oxygen atoms in total. The zero-order chi connectivity index (χ0) is 23.8. The molecule has 4 rings (SSSR count). The number of hydrogen-bond donors (Lipinski definition) is 1. The van der Waals surface area contributed by atoms with Crippen LogP contribution in [0.4, 0.5) is 0 Å². The maximum atomic E-state index is 12.4. The van der Waals surface area contributed by atoms with E-state index in [4.69, 9.17) is 0 Å². The zero-order valence-electron chi connectivity index (χ0n) is 21.8. The monoisotopic (exact) mass is 459 g/mol. The summed E-state index contributed by atoms with van der Waals surface area (Å²) in [6.45, 7) is 4.91. The number of carbonyl (C=O) groups is 2. The molecular weight excluding hydrogens is 410 g/mol. The summed E-state index contributed by atoms with van der Waals surface area (Å²) in [5.41, 5.74) is 0.453. The Balaban J connectivity index is 1.38. The van der Waals surface area contributed by atoms with Gasteiger partial charge in [-0.15, -0.1) is 0 Å². The first-order valence-electron chi connectivity index (χ1n) is 14.1. The molecule has 4 aliphatic rings. The number of aliphatic hydroxyl groups is 1. The first-order chi connectivity index (χ1) is 15.7. The first-order valence-corrected chi connectivity index (χ1v) is 14.1. The number of carbonyl (C=O) groups excluding carboxylic acids is 2. The topological polar surface area (TPSA) is 57.6 Å². The number of ketones is 1. The minimum atomic E-state index is -0.118. The van der Waals surface area contributed by atoms with Gasteiger partial charge in [0.15, 0.2) is 0 Å². The first kappa shape index (κ1) is 25.2. The molecule has 0 bridgehead atoms. The predicted octanol–water partition coefficient (Wildman–Crippen LogP) is 6.00. The minimum absolute atomic E-state index is 0.117. The van der Waals surface area contributed by atoms with Crippen LogP contribution >= 0.6 is 0 Å². The summed E-state index contributed by atoms with van der Waals surface area (Å²) in [4.78, 5) is 25.9. The van der Waals surface area contributed by atoms with Gasteiger partial charge in [0.1, 0.15) is 5.78 Å². The third-order valence-corrected chi connectivity index (χ3v) is 11.1. The predicted molar refractivity (Wildman–Crippen MR) is 133 cm³/mol. The maximum Gasteiger partial charge on any atom is 0.222 e. The van der Waals surface area contributed by atoms with Crippen molar-refractivity contribution in [2.24, 2.45) is 40.4 Å². The number of hydrogen-bond acceptors (Lipinski definition) is 3. The molecule has 0 saturated heterocycles. The van der Waals surface area contributed by atoms with E-state index < -0.39 is 0 Å². The van der Waals surface area contributed by atoms with Crippen molar-refractivity contribution in [2.45, 2.75) is 116 Å². The fourth-order valence-electron chi connectivity index (χ4n) is 8.93.